The van der Waals surface area contributed by atoms with Crippen LogP contribution in [0.1, 0.15) is 0 Å². The Morgan fingerprint density at radius 2 is 0.638 bits per heavy atom. The summed E-state index contributed by atoms with van der Waals surface area (Å²) in [5, 5.41) is 8.92. The Morgan fingerprint density at radius 1 is 0.224 bits per heavy atom. The molecule has 0 aliphatic heterocycles. The molecule has 268 valence electrons. The quantitative estimate of drug-likeness (QED) is 0.124. The molecule has 0 N–H and O–H groups in total. The third kappa shape index (κ3) is 4.16. The maximum absolute atomic E-state index is 16.1. The molecule has 0 heterocycles. The fourth-order valence-electron chi connectivity index (χ4n) is 10.4. The number of halogens is 2. The van der Waals surface area contributed by atoms with Crippen molar-refractivity contribution in [2.45, 2.75) is 0 Å². The van der Waals surface area contributed by atoms with Gasteiger partial charge in [-0.1, -0.05) is 158 Å². The molecule has 0 radical (unpaired) electrons. The Kier molecular flexibility index (Phi) is 6.33. The lowest BCUT2D eigenvalue weighted by Gasteiger charge is -2.22. The first-order chi connectivity index (χ1) is 28.6. The zero-order valence-electron chi connectivity index (χ0n) is 31.1. The van der Waals surface area contributed by atoms with Crippen molar-refractivity contribution in [1.29, 1.82) is 0 Å². The van der Waals surface area contributed by atoms with Crippen LogP contribution in [0.2, 0.25) is 0 Å². The van der Waals surface area contributed by atoms with E-state index in [-0.39, 0.29) is 11.6 Å². The van der Waals surface area contributed by atoms with Gasteiger partial charge in [-0.2, -0.15) is 0 Å². The fraction of sp³-hybridized carbons (Fsp3) is 0. The van der Waals surface area contributed by atoms with Crippen LogP contribution in [0, 0.1) is 11.6 Å². The molecule has 0 aromatic heterocycles. The van der Waals surface area contributed by atoms with E-state index in [1.807, 2.05) is 30.3 Å². The summed E-state index contributed by atoms with van der Waals surface area (Å²) in [6.07, 6.45) is 0. The summed E-state index contributed by atoms with van der Waals surface area (Å²) in [4.78, 5) is 0. The molecule has 0 unspecified atom stereocenters. The first-order valence-electron chi connectivity index (χ1n) is 19.8. The van der Waals surface area contributed by atoms with E-state index in [0.29, 0.717) is 11.1 Å². The molecule has 2 heteroatoms. The van der Waals surface area contributed by atoms with Crippen molar-refractivity contribution >= 4 is 43.1 Å². The molecule has 0 fully saturated rings. The molecule has 2 aliphatic rings. The van der Waals surface area contributed by atoms with Crippen LogP contribution in [-0.4, -0.2) is 0 Å². The van der Waals surface area contributed by atoms with Crippen LogP contribution in [-0.2, 0) is 0 Å². The van der Waals surface area contributed by atoms with Crippen molar-refractivity contribution in [2.75, 3.05) is 0 Å². The normalized spacial score (nSPS) is 12.3. The van der Waals surface area contributed by atoms with Gasteiger partial charge in [-0.25, -0.2) is 8.78 Å². The van der Waals surface area contributed by atoms with E-state index in [9.17, 15) is 0 Å². The molecular weight excluding hydrogens is 711 g/mol. The van der Waals surface area contributed by atoms with E-state index >= 15 is 8.78 Å². The average Bonchev–Trinajstić information content (AvgIpc) is 3.80. The van der Waals surface area contributed by atoms with Crippen LogP contribution < -0.4 is 0 Å². The predicted octanol–water partition coefficient (Wildman–Crippen LogP) is 16.0. The van der Waals surface area contributed by atoms with Gasteiger partial charge in [0, 0.05) is 11.1 Å². The third-order valence-electron chi connectivity index (χ3n) is 12.9. The Morgan fingerprint density at radius 3 is 1.17 bits per heavy atom. The number of hydrogen-bond acceptors (Lipinski definition) is 0. The van der Waals surface area contributed by atoms with Crippen LogP contribution in [0.15, 0.2) is 182 Å². The highest BCUT2D eigenvalue weighted by molar-refractivity contribution is 6.43. The van der Waals surface area contributed by atoms with Crippen molar-refractivity contribution in [3.63, 3.8) is 0 Å². The number of hydrogen-bond donors (Lipinski definition) is 0. The van der Waals surface area contributed by atoms with Gasteiger partial charge in [0.05, 0.1) is 0 Å². The second kappa shape index (κ2) is 11.6. The third-order valence-corrected chi connectivity index (χ3v) is 12.9. The molecular formula is C56H30F2. The topological polar surface area (TPSA) is 0 Å². The van der Waals surface area contributed by atoms with Crippen LogP contribution in [0.3, 0.4) is 0 Å². The molecule has 0 amide bonds. The maximum Gasteiger partial charge on any atom is 0.131 e. The Hall–Kier alpha value is -7.42. The summed E-state index contributed by atoms with van der Waals surface area (Å²) in [6, 6.07) is 62.7. The summed E-state index contributed by atoms with van der Waals surface area (Å²) >= 11 is 0. The molecule has 11 aromatic rings. The van der Waals surface area contributed by atoms with Gasteiger partial charge >= 0.3 is 0 Å². The molecule has 13 rings (SSSR count). The Bertz CT molecular complexity index is 3500. The minimum Gasteiger partial charge on any atom is -0.206 e. The van der Waals surface area contributed by atoms with Crippen molar-refractivity contribution in [3.8, 4) is 89.0 Å². The van der Waals surface area contributed by atoms with E-state index < -0.39 is 0 Å². The van der Waals surface area contributed by atoms with Crippen molar-refractivity contribution in [2.24, 2.45) is 0 Å². The molecule has 2 aliphatic carbocycles. The second-order valence-corrected chi connectivity index (χ2v) is 15.7. The largest absolute Gasteiger partial charge is 0.206 e. The van der Waals surface area contributed by atoms with E-state index in [1.54, 1.807) is 12.1 Å². The lowest BCUT2D eigenvalue weighted by atomic mass is 9.80. The zero-order valence-corrected chi connectivity index (χ0v) is 31.1. The van der Waals surface area contributed by atoms with Gasteiger partial charge in [-0.05, 0) is 145 Å². The smallest absolute Gasteiger partial charge is 0.131 e. The highest BCUT2D eigenvalue weighted by Crippen LogP contribution is 2.59. The van der Waals surface area contributed by atoms with Crippen LogP contribution >= 0.6 is 0 Å². The van der Waals surface area contributed by atoms with Gasteiger partial charge in [0.25, 0.3) is 0 Å². The van der Waals surface area contributed by atoms with E-state index in [0.717, 1.165) is 121 Å². The highest BCUT2D eigenvalue weighted by Gasteiger charge is 2.33. The van der Waals surface area contributed by atoms with Crippen molar-refractivity contribution < 1.29 is 8.78 Å². The standard InChI is InChI=1S/C56H30F2/c57-47-15-8-14-38-45-29-43(35-21-17-33(18-22-35)31-9-3-1-4-10-31)52-41-26-25-39-37-13-7-16-48(58)50(37)46-30-44(36-23-19-34(20-24-36)32-11-5-2-6-12-32)53(55(41)51(39)46)42-28-27-40(49(38)47)54(45)56(42)52/h1-30H. The van der Waals surface area contributed by atoms with Gasteiger partial charge in [0.1, 0.15) is 11.6 Å². The molecule has 0 bridgehead atoms. The average molecular weight is 741 g/mol. The lowest BCUT2D eigenvalue weighted by Crippen LogP contribution is -1.94. The summed E-state index contributed by atoms with van der Waals surface area (Å²) in [5.41, 5.74) is 16.0. The molecule has 0 spiro atoms. The van der Waals surface area contributed by atoms with Gasteiger partial charge in [-0.3, -0.25) is 0 Å². The van der Waals surface area contributed by atoms with Crippen LogP contribution in [0.5, 0.6) is 0 Å². The molecule has 58 heavy (non-hydrogen) atoms. The SMILES string of the molecule is Fc1cccc2c1-c1ccc3c4c(-c5ccc(-c6ccccc6)cc5)cc5c6c(ccc(c7c(-c8ccc(-c9ccccc9)cc8)cc-2c1c37)c64)-c1cccc(F)c1-5. The molecule has 0 nitrogen and oxygen atoms in total. The summed E-state index contributed by atoms with van der Waals surface area (Å²) in [6.45, 7) is 0. The van der Waals surface area contributed by atoms with Crippen LogP contribution in [0.25, 0.3) is 132 Å². The molecule has 0 saturated carbocycles. The minimum absolute atomic E-state index is 0.211. The van der Waals surface area contributed by atoms with Gasteiger partial charge in [0.15, 0.2) is 0 Å². The minimum atomic E-state index is -0.214. The number of fused-ring (bicyclic) bond motifs is 8. The second-order valence-electron chi connectivity index (χ2n) is 15.7. The Balaban J connectivity index is 1.20. The summed E-state index contributed by atoms with van der Waals surface area (Å²) in [5.74, 6) is -0.426. The van der Waals surface area contributed by atoms with Gasteiger partial charge < -0.3 is 0 Å². The molecule has 11 aromatic carbocycles. The molecule has 0 atom stereocenters. The Labute approximate surface area is 333 Å². The summed E-state index contributed by atoms with van der Waals surface area (Å²) < 4.78 is 32.1. The number of rotatable bonds is 4. The van der Waals surface area contributed by atoms with E-state index in [4.69, 9.17) is 0 Å². The summed E-state index contributed by atoms with van der Waals surface area (Å²) in [7, 11) is 0. The zero-order chi connectivity index (χ0) is 38.2. The molecule has 0 saturated heterocycles. The van der Waals surface area contributed by atoms with Crippen molar-refractivity contribution in [3.05, 3.63) is 194 Å². The lowest BCUT2D eigenvalue weighted by molar-refractivity contribution is 0.632. The van der Waals surface area contributed by atoms with E-state index in [1.165, 1.54) is 0 Å². The van der Waals surface area contributed by atoms with Crippen LogP contribution in [0.4, 0.5) is 8.78 Å². The van der Waals surface area contributed by atoms with E-state index in [2.05, 4.69) is 140 Å². The predicted molar refractivity (Wildman–Crippen MR) is 238 cm³/mol. The monoisotopic (exact) mass is 740 g/mol. The van der Waals surface area contributed by atoms with Gasteiger partial charge in [-0.15, -0.1) is 0 Å². The maximum atomic E-state index is 16.1. The highest BCUT2D eigenvalue weighted by atomic mass is 19.1. The number of benzene rings is 11. The van der Waals surface area contributed by atoms with Gasteiger partial charge in [0.2, 0.25) is 0 Å². The van der Waals surface area contributed by atoms with Crippen molar-refractivity contribution in [1.82, 2.24) is 0 Å². The fourth-order valence-corrected chi connectivity index (χ4v) is 10.4. The first-order valence-corrected chi connectivity index (χ1v) is 19.8. The first kappa shape index (κ1) is 31.7.